The van der Waals surface area contributed by atoms with E-state index in [1.165, 1.54) is 0 Å². The third-order valence-electron chi connectivity index (χ3n) is 3.25. The van der Waals surface area contributed by atoms with Gasteiger partial charge in [0.25, 0.3) is 5.91 Å². The summed E-state index contributed by atoms with van der Waals surface area (Å²) in [5.41, 5.74) is 2.01. The van der Waals surface area contributed by atoms with Gasteiger partial charge in [-0.25, -0.2) is 0 Å². The van der Waals surface area contributed by atoms with E-state index in [1.807, 2.05) is 47.7 Å². The van der Waals surface area contributed by atoms with Crippen LogP contribution >= 0.6 is 22.6 Å². The van der Waals surface area contributed by atoms with Crippen molar-refractivity contribution in [2.45, 2.75) is 6.92 Å². The van der Waals surface area contributed by atoms with Gasteiger partial charge in [-0.3, -0.25) is 14.4 Å². The first-order valence-electron chi connectivity index (χ1n) is 7.25. The molecule has 124 valence electrons. The van der Waals surface area contributed by atoms with Gasteiger partial charge in [-0.05, 0) is 41.6 Å². The van der Waals surface area contributed by atoms with E-state index < -0.39 is 5.97 Å². The van der Waals surface area contributed by atoms with Crippen LogP contribution in [0, 0.1) is 10.5 Å². The Morgan fingerprint density at radius 1 is 1.04 bits per heavy atom. The zero-order valence-corrected chi connectivity index (χ0v) is 15.2. The molecular weight excluding hydrogens is 421 g/mol. The summed E-state index contributed by atoms with van der Waals surface area (Å²) in [6.45, 7) is 1.29. The molecule has 0 fully saturated rings. The Labute approximate surface area is 153 Å². The van der Waals surface area contributed by atoms with Gasteiger partial charge >= 0.3 is 5.97 Å². The van der Waals surface area contributed by atoms with Crippen LogP contribution in [-0.2, 0) is 9.53 Å². The maximum Gasteiger partial charge on any atom is 0.325 e. The highest BCUT2D eigenvalue weighted by atomic mass is 127. The zero-order valence-electron chi connectivity index (χ0n) is 13.0. The second-order valence-corrected chi connectivity index (χ2v) is 6.27. The van der Waals surface area contributed by atoms with Crippen molar-refractivity contribution < 1.29 is 19.1 Å². The van der Waals surface area contributed by atoms with Crippen LogP contribution in [0.25, 0.3) is 0 Å². The minimum absolute atomic E-state index is 0.285. The van der Waals surface area contributed by atoms with E-state index in [1.54, 1.807) is 30.3 Å². The molecule has 0 saturated carbocycles. The Kier molecular flexibility index (Phi) is 6.48. The smallest absolute Gasteiger partial charge is 0.325 e. The molecule has 5 nitrogen and oxygen atoms in total. The first-order chi connectivity index (χ1) is 11.5. The first kappa shape index (κ1) is 18.1. The van der Waals surface area contributed by atoms with Crippen LogP contribution in [0.3, 0.4) is 0 Å². The summed E-state index contributed by atoms with van der Waals surface area (Å²) in [5, 5.41) is 2.48. The molecule has 2 aromatic rings. The molecule has 2 rings (SSSR count). The number of Topliss-reactive ketones (excluding diaryl/α,β-unsaturated/α-hetero) is 1. The monoisotopic (exact) mass is 437 g/mol. The van der Waals surface area contributed by atoms with Crippen LogP contribution in [-0.4, -0.2) is 30.8 Å². The lowest BCUT2D eigenvalue weighted by Crippen LogP contribution is -2.31. The molecule has 0 aliphatic heterocycles. The van der Waals surface area contributed by atoms with E-state index >= 15 is 0 Å². The molecule has 0 heterocycles. The van der Waals surface area contributed by atoms with Crippen LogP contribution in [0.2, 0.25) is 0 Å². The quantitative estimate of drug-likeness (QED) is 0.429. The lowest BCUT2D eigenvalue weighted by Gasteiger charge is -2.07. The first-order valence-corrected chi connectivity index (χ1v) is 8.33. The third kappa shape index (κ3) is 5.16. The zero-order chi connectivity index (χ0) is 17.5. The number of ether oxygens (including phenoxy) is 1. The summed E-state index contributed by atoms with van der Waals surface area (Å²) in [6, 6.07) is 14.0. The molecule has 0 saturated heterocycles. The molecule has 24 heavy (non-hydrogen) atoms. The molecule has 0 spiro atoms. The highest BCUT2D eigenvalue weighted by Crippen LogP contribution is 2.10. The maximum absolute atomic E-state index is 12.0. The van der Waals surface area contributed by atoms with Crippen LogP contribution in [0.1, 0.15) is 26.3 Å². The number of carbonyl (C=O) groups is 3. The van der Waals surface area contributed by atoms with Crippen LogP contribution in [0.15, 0.2) is 48.5 Å². The van der Waals surface area contributed by atoms with Crippen LogP contribution in [0.4, 0.5) is 0 Å². The van der Waals surface area contributed by atoms with Crippen molar-refractivity contribution >= 4 is 40.3 Å². The Morgan fingerprint density at radius 2 is 1.71 bits per heavy atom. The molecule has 0 aliphatic rings. The minimum atomic E-state index is -0.658. The number of halogens is 1. The van der Waals surface area contributed by atoms with Crippen molar-refractivity contribution in [3.05, 3.63) is 68.8 Å². The molecule has 6 heteroatoms. The number of esters is 1. The van der Waals surface area contributed by atoms with E-state index in [0.29, 0.717) is 11.1 Å². The Hall–Kier alpha value is -2.22. The Bertz CT molecular complexity index is 756. The standard InChI is InChI=1S/C18H16INO4/c1-12-6-8-13(9-7-12)16(21)11-24-17(22)10-20-18(23)14-4-2-3-5-15(14)19/h2-9H,10-11H2,1H3,(H,20,23). The van der Waals surface area contributed by atoms with Gasteiger partial charge < -0.3 is 10.1 Å². The molecule has 0 radical (unpaired) electrons. The van der Waals surface area contributed by atoms with E-state index in [4.69, 9.17) is 4.74 Å². The van der Waals surface area contributed by atoms with Crippen molar-refractivity contribution in [3.8, 4) is 0 Å². The Balaban J connectivity index is 1.79. The Morgan fingerprint density at radius 3 is 2.38 bits per heavy atom. The van der Waals surface area contributed by atoms with E-state index in [9.17, 15) is 14.4 Å². The minimum Gasteiger partial charge on any atom is -0.456 e. The van der Waals surface area contributed by atoms with Gasteiger partial charge in [0.1, 0.15) is 6.54 Å². The molecule has 2 aromatic carbocycles. The van der Waals surface area contributed by atoms with Crippen molar-refractivity contribution in [2.75, 3.05) is 13.2 Å². The number of carbonyl (C=O) groups excluding carboxylic acids is 3. The summed E-state index contributed by atoms with van der Waals surface area (Å²) in [4.78, 5) is 35.5. The van der Waals surface area contributed by atoms with Gasteiger partial charge in [-0.15, -0.1) is 0 Å². The highest BCUT2D eigenvalue weighted by molar-refractivity contribution is 14.1. The highest BCUT2D eigenvalue weighted by Gasteiger charge is 2.13. The van der Waals surface area contributed by atoms with E-state index in [-0.39, 0.29) is 24.8 Å². The van der Waals surface area contributed by atoms with Crippen molar-refractivity contribution in [1.82, 2.24) is 5.32 Å². The fourth-order valence-electron chi connectivity index (χ4n) is 1.91. The van der Waals surface area contributed by atoms with E-state index in [0.717, 1.165) is 9.13 Å². The number of ketones is 1. The van der Waals surface area contributed by atoms with Gasteiger partial charge in [0, 0.05) is 9.13 Å². The van der Waals surface area contributed by atoms with Gasteiger partial charge in [-0.1, -0.05) is 42.0 Å². The molecule has 0 aromatic heterocycles. The fraction of sp³-hybridized carbons (Fsp3) is 0.167. The van der Waals surface area contributed by atoms with Gasteiger partial charge in [0.2, 0.25) is 0 Å². The van der Waals surface area contributed by atoms with Crippen molar-refractivity contribution in [2.24, 2.45) is 0 Å². The van der Waals surface area contributed by atoms with E-state index in [2.05, 4.69) is 5.32 Å². The predicted octanol–water partition coefficient (Wildman–Crippen LogP) is 2.76. The number of aryl methyl sites for hydroxylation is 1. The average Bonchev–Trinajstić information content (AvgIpc) is 2.58. The second kappa shape index (κ2) is 8.58. The fourth-order valence-corrected chi connectivity index (χ4v) is 2.55. The molecule has 1 N–H and O–H groups in total. The van der Waals surface area contributed by atoms with Crippen molar-refractivity contribution in [1.29, 1.82) is 0 Å². The summed E-state index contributed by atoms with van der Waals surface area (Å²) in [7, 11) is 0. The summed E-state index contributed by atoms with van der Waals surface area (Å²) < 4.78 is 5.69. The number of nitrogens with one attached hydrogen (secondary N) is 1. The van der Waals surface area contributed by atoms with Gasteiger partial charge in [0.05, 0.1) is 5.56 Å². The van der Waals surface area contributed by atoms with Gasteiger partial charge in [0.15, 0.2) is 12.4 Å². The number of hydrogen-bond donors (Lipinski definition) is 1. The number of amides is 1. The van der Waals surface area contributed by atoms with Crippen LogP contribution in [0.5, 0.6) is 0 Å². The molecular formula is C18H16INO4. The largest absolute Gasteiger partial charge is 0.456 e. The number of hydrogen-bond acceptors (Lipinski definition) is 4. The summed E-state index contributed by atoms with van der Waals surface area (Å²) in [5.74, 6) is -1.30. The number of benzene rings is 2. The molecule has 0 aliphatic carbocycles. The van der Waals surface area contributed by atoms with Crippen molar-refractivity contribution in [3.63, 3.8) is 0 Å². The summed E-state index contributed by atoms with van der Waals surface area (Å²) >= 11 is 2.04. The lowest BCUT2D eigenvalue weighted by atomic mass is 10.1. The normalized spacial score (nSPS) is 10.1. The topological polar surface area (TPSA) is 72.5 Å². The number of rotatable bonds is 6. The predicted molar refractivity (Wildman–Crippen MR) is 98.0 cm³/mol. The maximum atomic E-state index is 12.0. The molecule has 1 amide bonds. The summed E-state index contributed by atoms with van der Waals surface area (Å²) in [6.07, 6.45) is 0. The SMILES string of the molecule is Cc1ccc(C(=O)COC(=O)CNC(=O)c2ccccc2I)cc1. The molecule has 0 atom stereocenters. The lowest BCUT2D eigenvalue weighted by molar-refractivity contribution is -0.141. The third-order valence-corrected chi connectivity index (χ3v) is 4.19. The average molecular weight is 437 g/mol. The molecule has 0 unspecified atom stereocenters. The van der Waals surface area contributed by atoms with Crippen LogP contribution < -0.4 is 5.32 Å². The molecule has 0 bridgehead atoms. The second-order valence-electron chi connectivity index (χ2n) is 5.11. The van der Waals surface area contributed by atoms with Gasteiger partial charge in [-0.2, -0.15) is 0 Å².